The largest absolute Gasteiger partial charge is 0.352 e. The van der Waals surface area contributed by atoms with E-state index in [0.717, 1.165) is 12.8 Å². The topological polar surface area (TPSA) is 98.2 Å². The molecule has 0 aromatic heterocycles. The molecule has 0 aliphatic rings. The predicted octanol–water partition coefficient (Wildman–Crippen LogP) is -0.0499. The molecule has 0 saturated carbocycles. The molecule has 0 bridgehead atoms. The van der Waals surface area contributed by atoms with E-state index >= 15 is 0 Å². The van der Waals surface area contributed by atoms with Crippen molar-refractivity contribution in [3.63, 3.8) is 0 Å². The number of nitrogens with one attached hydrogen (secondary N) is 1. The van der Waals surface area contributed by atoms with Gasteiger partial charge in [-0.15, -0.1) is 0 Å². The third-order valence-electron chi connectivity index (χ3n) is 2.57. The monoisotopic (exact) mass is 241 g/mol. The second-order valence-electron chi connectivity index (χ2n) is 4.12. The lowest BCUT2D eigenvalue weighted by atomic mass is 9.93. The first-order chi connectivity index (χ1) is 8.02. The van der Waals surface area contributed by atoms with Crippen LogP contribution in [-0.4, -0.2) is 30.8 Å². The van der Waals surface area contributed by atoms with E-state index in [1.807, 2.05) is 0 Å². The van der Waals surface area contributed by atoms with E-state index in [0.29, 0.717) is 19.5 Å². The fourth-order valence-electron chi connectivity index (χ4n) is 1.55. The summed E-state index contributed by atoms with van der Waals surface area (Å²) in [4.78, 5) is 22.9. The van der Waals surface area contributed by atoms with E-state index in [1.165, 1.54) is 6.08 Å². The van der Waals surface area contributed by atoms with Gasteiger partial charge in [0.25, 0.3) is 0 Å². The molecule has 0 radical (unpaired) electrons. The molecule has 5 heteroatoms. The molecule has 0 fully saturated rings. The van der Waals surface area contributed by atoms with Crippen LogP contribution in [0, 0.1) is 5.92 Å². The van der Waals surface area contributed by atoms with Gasteiger partial charge in [-0.25, -0.2) is 0 Å². The highest BCUT2D eigenvalue weighted by Crippen LogP contribution is 2.10. The van der Waals surface area contributed by atoms with Crippen molar-refractivity contribution >= 4 is 11.7 Å². The van der Waals surface area contributed by atoms with Crippen molar-refractivity contribution in [2.75, 3.05) is 13.1 Å². The number of Topliss-reactive ketones (excluding diaryl/α,β-unsaturated/α-hetero) is 1. The third kappa shape index (κ3) is 6.86. The first-order valence-electron chi connectivity index (χ1n) is 5.92. The number of amides is 1. The Morgan fingerprint density at radius 1 is 1.41 bits per heavy atom. The molecule has 0 heterocycles. The van der Waals surface area contributed by atoms with Crippen LogP contribution >= 0.6 is 0 Å². The van der Waals surface area contributed by atoms with Gasteiger partial charge in [-0.05, 0) is 32.4 Å². The first-order valence-corrected chi connectivity index (χ1v) is 5.92. The van der Waals surface area contributed by atoms with Crippen LogP contribution in [0.5, 0.6) is 0 Å². The average molecular weight is 241 g/mol. The second kappa shape index (κ2) is 8.90. The highest BCUT2D eigenvalue weighted by molar-refractivity contribution is 5.89. The summed E-state index contributed by atoms with van der Waals surface area (Å²) in [6, 6.07) is -0.501. The summed E-state index contributed by atoms with van der Waals surface area (Å²) in [5.74, 6) is -0.525. The van der Waals surface area contributed by atoms with Gasteiger partial charge in [0, 0.05) is 12.5 Å². The molecule has 0 aromatic carbocycles. The van der Waals surface area contributed by atoms with Crippen LogP contribution in [0.1, 0.15) is 26.2 Å². The number of ketones is 1. The molecule has 0 rings (SSSR count). The molecule has 0 saturated heterocycles. The van der Waals surface area contributed by atoms with Crippen molar-refractivity contribution < 1.29 is 9.59 Å². The summed E-state index contributed by atoms with van der Waals surface area (Å²) in [7, 11) is 0. The Labute approximate surface area is 103 Å². The van der Waals surface area contributed by atoms with Crippen LogP contribution in [0.2, 0.25) is 0 Å². The Kier molecular flexibility index (Phi) is 8.27. The second-order valence-corrected chi connectivity index (χ2v) is 4.12. The quantitative estimate of drug-likeness (QED) is 0.389. The van der Waals surface area contributed by atoms with E-state index in [1.54, 1.807) is 6.92 Å². The average Bonchev–Trinajstić information content (AvgIpc) is 2.32. The third-order valence-corrected chi connectivity index (χ3v) is 2.57. The summed E-state index contributed by atoms with van der Waals surface area (Å²) in [6.07, 6.45) is 3.63. The number of carbonyl (C=O) groups is 2. The van der Waals surface area contributed by atoms with Crippen molar-refractivity contribution in [1.82, 2.24) is 5.32 Å². The molecular weight excluding hydrogens is 218 g/mol. The van der Waals surface area contributed by atoms with Crippen molar-refractivity contribution in [3.8, 4) is 0 Å². The Bertz CT molecular complexity index is 264. The van der Waals surface area contributed by atoms with E-state index < -0.39 is 6.04 Å². The van der Waals surface area contributed by atoms with E-state index in [4.69, 9.17) is 11.5 Å². The standard InChI is InChI=1S/C12H23N3O2/c1-3-11(16)15-8-10(6-4-5-7-13)12(17)9(2)14/h3,9-10H,1,4-8,13-14H2,2H3,(H,15,16)/t9-,10?/m0/s1. The van der Waals surface area contributed by atoms with Gasteiger partial charge in [0.15, 0.2) is 5.78 Å². The summed E-state index contributed by atoms with van der Waals surface area (Å²) in [6.45, 7) is 5.94. The van der Waals surface area contributed by atoms with Gasteiger partial charge in [0.1, 0.15) is 0 Å². The van der Waals surface area contributed by atoms with Crippen LogP contribution in [0.3, 0.4) is 0 Å². The van der Waals surface area contributed by atoms with Crippen LogP contribution in [0.25, 0.3) is 0 Å². The maximum absolute atomic E-state index is 11.8. The fraction of sp³-hybridized carbons (Fsp3) is 0.667. The van der Waals surface area contributed by atoms with Crippen LogP contribution < -0.4 is 16.8 Å². The maximum atomic E-state index is 11.8. The predicted molar refractivity (Wildman–Crippen MR) is 68.3 cm³/mol. The minimum Gasteiger partial charge on any atom is -0.352 e. The van der Waals surface area contributed by atoms with Crippen molar-refractivity contribution in [1.29, 1.82) is 0 Å². The highest BCUT2D eigenvalue weighted by Gasteiger charge is 2.21. The highest BCUT2D eigenvalue weighted by atomic mass is 16.1. The summed E-state index contributed by atoms with van der Waals surface area (Å²) < 4.78 is 0. The molecule has 2 atom stereocenters. The molecule has 17 heavy (non-hydrogen) atoms. The molecule has 1 amide bonds. The van der Waals surface area contributed by atoms with Gasteiger partial charge in [-0.3, -0.25) is 9.59 Å². The van der Waals surface area contributed by atoms with Crippen molar-refractivity contribution in [3.05, 3.63) is 12.7 Å². The molecule has 5 N–H and O–H groups in total. The van der Waals surface area contributed by atoms with E-state index in [-0.39, 0.29) is 17.6 Å². The van der Waals surface area contributed by atoms with E-state index in [9.17, 15) is 9.59 Å². The normalized spacial score (nSPS) is 13.8. The summed E-state index contributed by atoms with van der Waals surface area (Å²) >= 11 is 0. The molecule has 1 unspecified atom stereocenters. The van der Waals surface area contributed by atoms with Gasteiger partial charge in [-0.2, -0.15) is 0 Å². The minimum atomic E-state index is -0.501. The van der Waals surface area contributed by atoms with Gasteiger partial charge >= 0.3 is 0 Å². The molecule has 0 aliphatic carbocycles. The lowest BCUT2D eigenvalue weighted by Crippen LogP contribution is -2.39. The van der Waals surface area contributed by atoms with Crippen LogP contribution in [0.4, 0.5) is 0 Å². The Morgan fingerprint density at radius 2 is 2.06 bits per heavy atom. The first kappa shape index (κ1) is 15.8. The molecule has 0 aliphatic heterocycles. The van der Waals surface area contributed by atoms with Crippen LogP contribution in [-0.2, 0) is 9.59 Å². The maximum Gasteiger partial charge on any atom is 0.243 e. The number of nitrogens with two attached hydrogens (primary N) is 2. The van der Waals surface area contributed by atoms with Gasteiger partial charge in [0.05, 0.1) is 6.04 Å². The molecule has 0 spiro atoms. The minimum absolute atomic E-state index is 0.0219. The SMILES string of the molecule is C=CC(=O)NCC(CCCCN)C(=O)[C@H](C)N. The summed E-state index contributed by atoms with van der Waals surface area (Å²) in [5.41, 5.74) is 11.0. The number of hydrogen-bond acceptors (Lipinski definition) is 4. The van der Waals surface area contributed by atoms with Gasteiger partial charge in [-0.1, -0.05) is 13.0 Å². The molecule has 0 aromatic rings. The van der Waals surface area contributed by atoms with Crippen LogP contribution in [0.15, 0.2) is 12.7 Å². The zero-order valence-electron chi connectivity index (χ0n) is 10.4. The molecular formula is C12H23N3O2. The fourth-order valence-corrected chi connectivity index (χ4v) is 1.55. The Balaban J connectivity index is 4.24. The number of rotatable bonds is 9. The zero-order valence-corrected chi connectivity index (χ0v) is 10.4. The molecule has 5 nitrogen and oxygen atoms in total. The smallest absolute Gasteiger partial charge is 0.243 e. The van der Waals surface area contributed by atoms with Crippen molar-refractivity contribution in [2.24, 2.45) is 17.4 Å². The molecule has 98 valence electrons. The summed E-state index contributed by atoms with van der Waals surface area (Å²) in [5, 5.41) is 2.63. The van der Waals surface area contributed by atoms with Gasteiger partial charge in [0.2, 0.25) is 5.91 Å². The number of unbranched alkanes of at least 4 members (excludes halogenated alkanes) is 1. The Morgan fingerprint density at radius 3 is 2.53 bits per heavy atom. The van der Waals surface area contributed by atoms with E-state index in [2.05, 4.69) is 11.9 Å². The zero-order chi connectivity index (χ0) is 13.3. The van der Waals surface area contributed by atoms with Gasteiger partial charge < -0.3 is 16.8 Å². The lowest BCUT2D eigenvalue weighted by molar-refractivity contribution is -0.124. The Hall–Kier alpha value is -1.20. The number of carbonyl (C=O) groups excluding carboxylic acids is 2. The lowest BCUT2D eigenvalue weighted by Gasteiger charge is -2.17. The van der Waals surface area contributed by atoms with Crippen molar-refractivity contribution in [2.45, 2.75) is 32.2 Å². The number of hydrogen-bond donors (Lipinski definition) is 3.